The van der Waals surface area contributed by atoms with E-state index in [1.807, 2.05) is 78.6 Å². The van der Waals surface area contributed by atoms with E-state index in [4.69, 9.17) is 16.6 Å². The van der Waals surface area contributed by atoms with Crippen LogP contribution in [0.5, 0.6) is 0 Å². The van der Waals surface area contributed by atoms with Gasteiger partial charge >= 0.3 is 0 Å². The zero-order valence-corrected chi connectivity index (χ0v) is 18.8. The summed E-state index contributed by atoms with van der Waals surface area (Å²) in [5, 5.41) is 0.716. The summed E-state index contributed by atoms with van der Waals surface area (Å²) in [4.78, 5) is 22.2. The summed E-state index contributed by atoms with van der Waals surface area (Å²) in [7, 11) is 0. The fraction of sp³-hybridized carbons (Fsp3) is 0.231. The number of amides is 1. The van der Waals surface area contributed by atoms with E-state index < -0.39 is 0 Å². The molecule has 0 aliphatic carbocycles. The Balaban J connectivity index is 1.35. The van der Waals surface area contributed by atoms with Crippen molar-refractivity contribution < 1.29 is 4.79 Å². The van der Waals surface area contributed by atoms with E-state index in [1.165, 1.54) is 0 Å². The predicted octanol–water partition coefficient (Wildman–Crippen LogP) is 4.92. The Bertz CT molecular complexity index is 1260. The van der Waals surface area contributed by atoms with E-state index in [0.717, 1.165) is 66.4 Å². The van der Waals surface area contributed by atoms with Crippen molar-refractivity contribution in [3.8, 4) is 11.3 Å². The monoisotopic (exact) mass is 444 g/mol. The van der Waals surface area contributed by atoms with Crippen molar-refractivity contribution in [2.45, 2.75) is 13.5 Å². The molecule has 0 saturated carbocycles. The molecule has 162 valence electrons. The molecule has 2 aromatic heterocycles. The van der Waals surface area contributed by atoms with Crippen molar-refractivity contribution in [2.24, 2.45) is 0 Å². The number of rotatable bonds is 4. The second-order valence-electron chi connectivity index (χ2n) is 8.28. The van der Waals surface area contributed by atoms with E-state index in [-0.39, 0.29) is 5.91 Å². The average molecular weight is 445 g/mol. The van der Waals surface area contributed by atoms with Crippen molar-refractivity contribution in [3.63, 3.8) is 0 Å². The van der Waals surface area contributed by atoms with E-state index in [1.54, 1.807) is 0 Å². The first-order valence-corrected chi connectivity index (χ1v) is 11.3. The van der Waals surface area contributed by atoms with Gasteiger partial charge in [0, 0.05) is 55.1 Å². The maximum absolute atomic E-state index is 12.9. The molecule has 5 nitrogen and oxygen atoms in total. The molecular weight excluding hydrogens is 420 g/mol. The lowest BCUT2D eigenvalue weighted by Crippen LogP contribution is -2.48. The number of piperazine rings is 1. The van der Waals surface area contributed by atoms with Crippen LogP contribution in [0.2, 0.25) is 5.02 Å². The number of fused-ring (bicyclic) bond motifs is 1. The summed E-state index contributed by atoms with van der Waals surface area (Å²) >= 11 is 6.10. The van der Waals surface area contributed by atoms with Crippen LogP contribution in [0.1, 0.15) is 21.6 Å². The summed E-state index contributed by atoms with van der Waals surface area (Å²) in [5.74, 6) is 0.116. The molecule has 5 rings (SSSR count). The predicted molar refractivity (Wildman–Crippen MR) is 128 cm³/mol. The third kappa shape index (κ3) is 4.14. The van der Waals surface area contributed by atoms with Gasteiger partial charge in [0.2, 0.25) is 0 Å². The Kier molecular flexibility index (Phi) is 5.68. The van der Waals surface area contributed by atoms with Crippen LogP contribution in [-0.2, 0) is 6.54 Å². The Morgan fingerprint density at radius 1 is 0.969 bits per heavy atom. The molecule has 32 heavy (non-hydrogen) atoms. The van der Waals surface area contributed by atoms with E-state index in [9.17, 15) is 4.79 Å². The lowest BCUT2D eigenvalue weighted by atomic mass is 10.1. The molecule has 0 radical (unpaired) electrons. The number of imidazole rings is 1. The maximum Gasteiger partial charge on any atom is 0.253 e. The standard InChI is InChI=1S/C26H25ClN4O/c1-19-5-4-6-21(17-19)26(32)30-15-13-29(14-16-30)18-23-25(20-8-10-22(27)11-9-20)28-24-7-2-3-12-31(23)24/h2-12,17H,13-16,18H2,1H3. The van der Waals surface area contributed by atoms with Gasteiger partial charge in [-0.25, -0.2) is 4.98 Å². The second-order valence-corrected chi connectivity index (χ2v) is 8.72. The van der Waals surface area contributed by atoms with Gasteiger partial charge in [-0.05, 0) is 43.3 Å². The quantitative estimate of drug-likeness (QED) is 0.448. The third-order valence-corrected chi connectivity index (χ3v) is 6.30. The molecular formula is C26H25ClN4O. The topological polar surface area (TPSA) is 40.9 Å². The zero-order valence-electron chi connectivity index (χ0n) is 18.0. The Morgan fingerprint density at radius 3 is 2.50 bits per heavy atom. The van der Waals surface area contributed by atoms with Crippen LogP contribution in [-0.4, -0.2) is 51.3 Å². The SMILES string of the molecule is Cc1cccc(C(=O)N2CCN(Cc3c(-c4ccc(Cl)cc4)nc4ccccn34)CC2)c1. The van der Waals surface area contributed by atoms with Crippen LogP contribution >= 0.6 is 11.6 Å². The number of aromatic nitrogens is 2. The highest BCUT2D eigenvalue weighted by atomic mass is 35.5. The fourth-order valence-corrected chi connectivity index (χ4v) is 4.44. The number of aryl methyl sites for hydroxylation is 1. The molecule has 0 N–H and O–H groups in total. The minimum absolute atomic E-state index is 0.116. The van der Waals surface area contributed by atoms with Crippen molar-refractivity contribution in [1.29, 1.82) is 0 Å². The first-order valence-electron chi connectivity index (χ1n) is 10.9. The molecule has 1 aliphatic rings. The molecule has 0 atom stereocenters. The van der Waals surface area contributed by atoms with Gasteiger partial charge in [-0.1, -0.05) is 47.5 Å². The smallest absolute Gasteiger partial charge is 0.253 e. The normalized spacial score (nSPS) is 14.8. The van der Waals surface area contributed by atoms with Crippen molar-refractivity contribution in [1.82, 2.24) is 19.2 Å². The molecule has 3 heterocycles. The zero-order chi connectivity index (χ0) is 22.1. The van der Waals surface area contributed by atoms with Crippen LogP contribution in [0.25, 0.3) is 16.9 Å². The molecule has 6 heteroatoms. The van der Waals surface area contributed by atoms with Crippen molar-refractivity contribution >= 4 is 23.2 Å². The van der Waals surface area contributed by atoms with Gasteiger partial charge in [0.15, 0.2) is 0 Å². The van der Waals surface area contributed by atoms with Crippen molar-refractivity contribution in [2.75, 3.05) is 26.2 Å². The minimum Gasteiger partial charge on any atom is -0.336 e. The lowest BCUT2D eigenvalue weighted by Gasteiger charge is -2.34. The van der Waals surface area contributed by atoms with Crippen LogP contribution < -0.4 is 0 Å². The van der Waals surface area contributed by atoms with Gasteiger partial charge in [0.1, 0.15) is 5.65 Å². The third-order valence-electron chi connectivity index (χ3n) is 6.04. The Hall–Kier alpha value is -3.15. The summed E-state index contributed by atoms with van der Waals surface area (Å²) in [6.07, 6.45) is 2.06. The number of hydrogen-bond donors (Lipinski definition) is 0. The minimum atomic E-state index is 0.116. The molecule has 1 amide bonds. The number of benzene rings is 2. The molecule has 1 aliphatic heterocycles. The second kappa shape index (κ2) is 8.77. The van der Waals surface area contributed by atoms with E-state index >= 15 is 0 Å². The summed E-state index contributed by atoms with van der Waals surface area (Å²) in [6, 6.07) is 21.7. The van der Waals surface area contributed by atoms with Gasteiger partial charge in [0.25, 0.3) is 5.91 Å². The maximum atomic E-state index is 12.9. The number of pyridine rings is 1. The highest BCUT2D eigenvalue weighted by molar-refractivity contribution is 6.30. The summed E-state index contributed by atoms with van der Waals surface area (Å²) in [5.41, 5.74) is 6.00. The summed E-state index contributed by atoms with van der Waals surface area (Å²) in [6.45, 7) is 5.90. The Labute approximate surface area is 192 Å². The van der Waals surface area contributed by atoms with E-state index in [0.29, 0.717) is 5.02 Å². The number of halogens is 1. The van der Waals surface area contributed by atoms with Crippen LogP contribution in [0, 0.1) is 6.92 Å². The van der Waals surface area contributed by atoms with Crippen LogP contribution in [0.3, 0.4) is 0 Å². The number of carbonyl (C=O) groups excluding carboxylic acids is 1. The lowest BCUT2D eigenvalue weighted by molar-refractivity contribution is 0.0627. The van der Waals surface area contributed by atoms with Gasteiger partial charge in [0.05, 0.1) is 11.4 Å². The number of hydrogen-bond acceptors (Lipinski definition) is 3. The van der Waals surface area contributed by atoms with Crippen LogP contribution in [0.15, 0.2) is 72.9 Å². The van der Waals surface area contributed by atoms with Crippen LogP contribution in [0.4, 0.5) is 0 Å². The van der Waals surface area contributed by atoms with Crippen molar-refractivity contribution in [3.05, 3.63) is 94.8 Å². The summed E-state index contributed by atoms with van der Waals surface area (Å²) < 4.78 is 2.16. The molecule has 4 aromatic rings. The number of carbonyl (C=O) groups is 1. The molecule has 0 unspecified atom stereocenters. The largest absolute Gasteiger partial charge is 0.336 e. The van der Waals surface area contributed by atoms with E-state index in [2.05, 4.69) is 15.5 Å². The molecule has 0 bridgehead atoms. The number of nitrogens with zero attached hydrogens (tertiary/aromatic N) is 4. The highest BCUT2D eigenvalue weighted by Gasteiger charge is 2.24. The van der Waals surface area contributed by atoms with Gasteiger partial charge in [-0.3, -0.25) is 9.69 Å². The molecule has 2 aromatic carbocycles. The average Bonchev–Trinajstić information content (AvgIpc) is 3.18. The Morgan fingerprint density at radius 2 is 1.75 bits per heavy atom. The molecule has 1 fully saturated rings. The van der Waals surface area contributed by atoms with Gasteiger partial charge in [-0.15, -0.1) is 0 Å². The molecule has 1 saturated heterocycles. The first-order chi connectivity index (χ1) is 15.6. The highest BCUT2D eigenvalue weighted by Crippen LogP contribution is 2.27. The molecule has 0 spiro atoms. The fourth-order valence-electron chi connectivity index (χ4n) is 4.32. The van der Waals surface area contributed by atoms with Gasteiger partial charge < -0.3 is 9.30 Å². The van der Waals surface area contributed by atoms with Gasteiger partial charge in [-0.2, -0.15) is 0 Å². The first kappa shape index (κ1) is 20.7.